The van der Waals surface area contributed by atoms with E-state index in [1.165, 1.54) is 0 Å². The van der Waals surface area contributed by atoms with Gasteiger partial charge in [0, 0.05) is 6.04 Å². The quantitative estimate of drug-likeness (QED) is 0.679. The first kappa shape index (κ1) is 11.5. The fraction of sp³-hybridized carbons (Fsp3) is 0.909. The van der Waals surface area contributed by atoms with Crippen LogP contribution in [-0.4, -0.2) is 17.1 Å². The molecule has 0 aromatic carbocycles. The number of carboxylic acids is 1. The van der Waals surface area contributed by atoms with Crippen molar-refractivity contribution in [3.8, 4) is 0 Å². The summed E-state index contributed by atoms with van der Waals surface area (Å²) in [7, 11) is 0. The maximum absolute atomic E-state index is 11.4. The van der Waals surface area contributed by atoms with Gasteiger partial charge in [-0.15, -0.1) is 0 Å². The predicted molar refractivity (Wildman–Crippen MR) is 56.0 cm³/mol. The van der Waals surface area contributed by atoms with E-state index in [1.807, 2.05) is 20.8 Å². The molecule has 1 rings (SSSR count). The summed E-state index contributed by atoms with van der Waals surface area (Å²) in [5.41, 5.74) is 5.05. The van der Waals surface area contributed by atoms with Gasteiger partial charge in [0.1, 0.15) is 0 Å². The molecule has 14 heavy (non-hydrogen) atoms. The van der Waals surface area contributed by atoms with E-state index in [-0.39, 0.29) is 11.5 Å². The second-order valence-corrected chi connectivity index (χ2v) is 5.49. The highest BCUT2D eigenvalue weighted by Crippen LogP contribution is 2.49. The molecule has 0 spiro atoms. The van der Waals surface area contributed by atoms with Crippen molar-refractivity contribution < 1.29 is 9.90 Å². The van der Waals surface area contributed by atoms with E-state index in [0.717, 1.165) is 19.3 Å². The third kappa shape index (κ3) is 1.78. The molecule has 3 N–H and O–H groups in total. The van der Waals surface area contributed by atoms with Crippen molar-refractivity contribution in [2.24, 2.45) is 16.6 Å². The first-order valence-electron chi connectivity index (χ1n) is 5.28. The topological polar surface area (TPSA) is 63.3 Å². The Bertz CT molecular complexity index is 232. The molecule has 1 aliphatic rings. The van der Waals surface area contributed by atoms with Gasteiger partial charge in [0.05, 0.1) is 5.41 Å². The smallest absolute Gasteiger partial charge is 0.310 e. The number of rotatable bonds is 1. The van der Waals surface area contributed by atoms with Crippen LogP contribution in [0.25, 0.3) is 0 Å². The molecule has 0 saturated heterocycles. The number of nitrogens with two attached hydrogens (primary N) is 1. The SMILES string of the molecule is CC(C)(C)C1(C(=O)O)CCCC(N)C1. The molecule has 1 fully saturated rings. The van der Waals surface area contributed by atoms with Crippen LogP contribution in [0.15, 0.2) is 0 Å². The van der Waals surface area contributed by atoms with Gasteiger partial charge in [-0.2, -0.15) is 0 Å². The normalized spacial score (nSPS) is 34.1. The minimum Gasteiger partial charge on any atom is -0.481 e. The number of hydrogen-bond donors (Lipinski definition) is 2. The highest BCUT2D eigenvalue weighted by atomic mass is 16.4. The van der Waals surface area contributed by atoms with E-state index in [9.17, 15) is 9.90 Å². The molecule has 3 heteroatoms. The Hall–Kier alpha value is -0.570. The highest BCUT2D eigenvalue weighted by Gasteiger charge is 2.50. The molecule has 82 valence electrons. The van der Waals surface area contributed by atoms with Crippen LogP contribution < -0.4 is 5.73 Å². The Morgan fingerprint density at radius 3 is 2.36 bits per heavy atom. The second kappa shape index (κ2) is 3.54. The van der Waals surface area contributed by atoms with Crippen molar-refractivity contribution in [1.29, 1.82) is 0 Å². The lowest BCUT2D eigenvalue weighted by Crippen LogP contribution is -2.49. The second-order valence-electron chi connectivity index (χ2n) is 5.49. The summed E-state index contributed by atoms with van der Waals surface area (Å²) in [6.45, 7) is 6.00. The van der Waals surface area contributed by atoms with Crippen LogP contribution in [0.5, 0.6) is 0 Å². The predicted octanol–water partition coefficient (Wildman–Crippen LogP) is 2.00. The molecular weight excluding hydrogens is 178 g/mol. The summed E-state index contributed by atoms with van der Waals surface area (Å²) < 4.78 is 0. The van der Waals surface area contributed by atoms with Gasteiger partial charge in [-0.25, -0.2) is 0 Å². The summed E-state index contributed by atoms with van der Waals surface area (Å²) >= 11 is 0. The number of aliphatic carboxylic acids is 1. The Labute approximate surface area is 85.7 Å². The maximum Gasteiger partial charge on any atom is 0.310 e. The number of carbonyl (C=O) groups is 1. The Morgan fingerprint density at radius 1 is 1.50 bits per heavy atom. The van der Waals surface area contributed by atoms with E-state index < -0.39 is 11.4 Å². The maximum atomic E-state index is 11.4. The average Bonchev–Trinajstić information content (AvgIpc) is 2.01. The standard InChI is InChI=1S/C11H21NO2/c1-10(2,3)11(9(13)14)6-4-5-8(12)7-11/h8H,4-7,12H2,1-3H3,(H,13,14). The summed E-state index contributed by atoms with van der Waals surface area (Å²) in [5.74, 6) is -0.680. The van der Waals surface area contributed by atoms with E-state index in [1.54, 1.807) is 0 Å². The molecule has 0 aromatic rings. The molecule has 1 aliphatic carbocycles. The monoisotopic (exact) mass is 199 g/mol. The fourth-order valence-electron chi connectivity index (χ4n) is 2.51. The van der Waals surface area contributed by atoms with Crippen LogP contribution in [0.2, 0.25) is 0 Å². The summed E-state index contributed by atoms with van der Waals surface area (Å²) in [6, 6.07) is 0.0547. The molecule has 0 aliphatic heterocycles. The lowest BCUT2D eigenvalue weighted by molar-refractivity contribution is -0.160. The summed E-state index contributed by atoms with van der Waals surface area (Å²) in [6.07, 6.45) is 3.28. The van der Waals surface area contributed by atoms with Gasteiger partial charge in [-0.1, -0.05) is 27.2 Å². The molecule has 2 atom stereocenters. The third-order valence-corrected chi connectivity index (χ3v) is 3.63. The number of carboxylic acid groups (broad SMARTS) is 1. The van der Waals surface area contributed by atoms with Crippen LogP contribution in [0.1, 0.15) is 46.5 Å². The highest BCUT2D eigenvalue weighted by molar-refractivity contribution is 5.76. The van der Waals surface area contributed by atoms with E-state index in [4.69, 9.17) is 5.73 Å². The van der Waals surface area contributed by atoms with Gasteiger partial charge < -0.3 is 10.8 Å². The van der Waals surface area contributed by atoms with Crippen LogP contribution in [-0.2, 0) is 4.79 Å². The minimum atomic E-state index is -0.680. The number of hydrogen-bond acceptors (Lipinski definition) is 2. The molecule has 3 nitrogen and oxygen atoms in total. The Kier molecular flexibility index (Phi) is 2.91. The molecule has 0 bridgehead atoms. The van der Waals surface area contributed by atoms with E-state index >= 15 is 0 Å². The van der Waals surface area contributed by atoms with Crippen LogP contribution in [0.3, 0.4) is 0 Å². The van der Waals surface area contributed by atoms with Gasteiger partial charge in [0.15, 0.2) is 0 Å². The third-order valence-electron chi connectivity index (χ3n) is 3.63. The molecular formula is C11H21NO2. The summed E-state index contributed by atoms with van der Waals surface area (Å²) in [4.78, 5) is 11.4. The zero-order valence-electron chi connectivity index (χ0n) is 9.34. The van der Waals surface area contributed by atoms with E-state index in [0.29, 0.717) is 6.42 Å². The average molecular weight is 199 g/mol. The zero-order valence-corrected chi connectivity index (χ0v) is 9.34. The first-order chi connectivity index (χ1) is 6.29. The van der Waals surface area contributed by atoms with Gasteiger partial charge in [0.25, 0.3) is 0 Å². The fourth-order valence-corrected chi connectivity index (χ4v) is 2.51. The van der Waals surface area contributed by atoms with E-state index in [2.05, 4.69) is 0 Å². The molecule has 1 saturated carbocycles. The molecule has 0 aromatic heterocycles. The van der Waals surface area contributed by atoms with Gasteiger partial charge >= 0.3 is 5.97 Å². The molecule has 0 heterocycles. The Morgan fingerprint density at radius 2 is 2.07 bits per heavy atom. The lowest BCUT2D eigenvalue weighted by atomic mass is 9.58. The van der Waals surface area contributed by atoms with Gasteiger partial charge in [0.2, 0.25) is 0 Å². The summed E-state index contributed by atoms with van der Waals surface area (Å²) in [5, 5.41) is 9.39. The van der Waals surface area contributed by atoms with Crippen molar-refractivity contribution in [2.75, 3.05) is 0 Å². The Balaban J connectivity index is 2.98. The van der Waals surface area contributed by atoms with Crippen LogP contribution >= 0.6 is 0 Å². The van der Waals surface area contributed by atoms with Crippen molar-refractivity contribution >= 4 is 5.97 Å². The van der Waals surface area contributed by atoms with Crippen molar-refractivity contribution in [3.05, 3.63) is 0 Å². The van der Waals surface area contributed by atoms with Gasteiger partial charge in [-0.3, -0.25) is 4.79 Å². The van der Waals surface area contributed by atoms with Crippen molar-refractivity contribution in [2.45, 2.75) is 52.5 Å². The van der Waals surface area contributed by atoms with Crippen molar-refractivity contribution in [1.82, 2.24) is 0 Å². The molecule has 0 amide bonds. The van der Waals surface area contributed by atoms with Crippen LogP contribution in [0, 0.1) is 10.8 Å². The minimum absolute atomic E-state index is 0.0547. The largest absolute Gasteiger partial charge is 0.481 e. The van der Waals surface area contributed by atoms with Gasteiger partial charge in [-0.05, 0) is 24.7 Å². The molecule has 2 unspecified atom stereocenters. The first-order valence-corrected chi connectivity index (χ1v) is 5.28. The lowest BCUT2D eigenvalue weighted by Gasteiger charge is -2.45. The molecule has 0 radical (unpaired) electrons. The zero-order chi connectivity index (χ0) is 11.0. The van der Waals surface area contributed by atoms with Crippen molar-refractivity contribution in [3.63, 3.8) is 0 Å². The van der Waals surface area contributed by atoms with Crippen LogP contribution in [0.4, 0.5) is 0 Å².